The molecule has 8 heteroatoms. The van der Waals surface area contributed by atoms with Crippen LogP contribution in [0.3, 0.4) is 0 Å². The number of anilines is 1. The molecule has 2 aromatic carbocycles. The maximum atomic E-state index is 12.9. The lowest BCUT2D eigenvalue weighted by atomic mass is 9.90. The smallest absolute Gasteiger partial charge is 0.321 e. The Hall–Kier alpha value is -3.55. The summed E-state index contributed by atoms with van der Waals surface area (Å²) in [5.41, 5.74) is 2.23. The summed E-state index contributed by atoms with van der Waals surface area (Å²) in [4.78, 5) is 30.2. The van der Waals surface area contributed by atoms with Crippen molar-refractivity contribution < 1.29 is 23.8 Å². The number of fused-ring (bicyclic) bond motifs is 3. The number of rotatable bonds is 5. The Balaban J connectivity index is 1.96. The molecule has 0 unspecified atom stereocenters. The molecule has 4 rings (SSSR count). The number of para-hydroxylation sites is 2. The monoisotopic (exact) mass is 395 g/mol. The summed E-state index contributed by atoms with van der Waals surface area (Å²) in [7, 11) is 3.09. The van der Waals surface area contributed by atoms with Crippen LogP contribution >= 0.6 is 0 Å². The average molecular weight is 395 g/mol. The van der Waals surface area contributed by atoms with Gasteiger partial charge in [0.15, 0.2) is 17.4 Å². The van der Waals surface area contributed by atoms with Crippen LogP contribution in [0, 0.1) is 5.92 Å². The Morgan fingerprint density at radius 1 is 1.14 bits per heavy atom. The van der Waals surface area contributed by atoms with E-state index < -0.39 is 23.8 Å². The van der Waals surface area contributed by atoms with Crippen molar-refractivity contribution in [3.05, 3.63) is 48.0 Å². The molecule has 0 bridgehead atoms. The Morgan fingerprint density at radius 2 is 1.90 bits per heavy atom. The molecule has 1 amide bonds. The molecule has 1 aromatic heterocycles. The van der Waals surface area contributed by atoms with E-state index in [1.165, 1.54) is 7.11 Å². The van der Waals surface area contributed by atoms with Crippen LogP contribution in [0.2, 0.25) is 0 Å². The number of hydrogen-bond donors (Lipinski definition) is 1. The van der Waals surface area contributed by atoms with Crippen LogP contribution in [0.25, 0.3) is 11.0 Å². The SMILES string of the molecule is CCOC(=O)[C@@H]1C(=O)Nc2nc3ccccc3n2[C@H]1c1ccc(OC)c(OC)c1. The molecule has 0 saturated heterocycles. The molecule has 0 radical (unpaired) electrons. The average Bonchev–Trinajstić information content (AvgIpc) is 3.10. The maximum Gasteiger partial charge on any atom is 0.321 e. The van der Waals surface area contributed by atoms with Crippen molar-refractivity contribution in [3.63, 3.8) is 0 Å². The molecular formula is C21H21N3O5. The van der Waals surface area contributed by atoms with Gasteiger partial charge in [-0.2, -0.15) is 0 Å². The maximum absolute atomic E-state index is 12.9. The molecule has 1 aliphatic heterocycles. The van der Waals surface area contributed by atoms with Gasteiger partial charge in [0.1, 0.15) is 0 Å². The van der Waals surface area contributed by atoms with Crippen LogP contribution < -0.4 is 14.8 Å². The Kier molecular flexibility index (Phi) is 4.84. The lowest BCUT2D eigenvalue weighted by molar-refractivity contribution is -0.152. The minimum atomic E-state index is -1.07. The van der Waals surface area contributed by atoms with Gasteiger partial charge < -0.3 is 18.8 Å². The van der Waals surface area contributed by atoms with Gasteiger partial charge in [-0.3, -0.25) is 14.9 Å². The summed E-state index contributed by atoms with van der Waals surface area (Å²) in [6.07, 6.45) is 0. The van der Waals surface area contributed by atoms with Crippen LogP contribution in [0.1, 0.15) is 18.5 Å². The third kappa shape index (κ3) is 3.06. The van der Waals surface area contributed by atoms with Crippen molar-refractivity contribution >= 4 is 28.9 Å². The van der Waals surface area contributed by atoms with Gasteiger partial charge in [-0.05, 0) is 36.8 Å². The summed E-state index contributed by atoms with van der Waals surface area (Å²) >= 11 is 0. The molecule has 8 nitrogen and oxygen atoms in total. The van der Waals surface area contributed by atoms with Gasteiger partial charge in [-0.15, -0.1) is 0 Å². The summed E-state index contributed by atoms with van der Waals surface area (Å²) < 4.78 is 17.8. The zero-order chi connectivity index (χ0) is 20.5. The van der Waals surface area contributed by atoms with E-state index >= 15 is 0 Å². The van der Waals surface area contributed by atoms with Crippen LogP contribution in [0.5, 0.6) is 11.5 Å². The van der Waals surface area contributed by atoms with Crippen molar-refractivity contribution in [3.8, 4) is 11.5 Å². The van der Waals surface area contributed by atoms with Gasteiger partial charge in [0.25, 0.3) is 0 Å². The number of nitrogens with zero attached hydrogens (tertiary/aromatic N) is 2. The Morgan fingerprint density at radius 3 is 2.62 bits per heavy atom. The minimum absolute atomic E-state index is 0.179. The van der Waals surface area contributed by atoms with Gasteiger partial charge in [0, 0.05) is 0 Å². The first-order valence-corrected chi connectivity index (χ1v) is 9.25. The summed E-state index contributed by atoms with van der Waals surface area (Å²) in [6, 6.07) is 12.2. The Labute approximate surface area is 167 Å². The second-order valence-electron chi connectivity index (χ2n) is 6.57. The fourth-order valence-corrected chi connectivity index (χ4v) is 3.74. The molecular weight excluding hydrogens is 374 g/mol. The summed E-state index contributed by atoms with van der Waals surface area (Å²) in [5.74, 6) is -0.668. The van der Waals surface area contributed by atoms with Crippen molar-refractivity contribution in [2.75, 3.05) is 26.1 Å². The highest BCUT2D eigenvalue weighted by molar-refractivity contribution is 6.07. The lowest BCUT2D eigenvalue weighted by Gasteiger charge is -2.32. The van der Waals surface area contributed by atoms with E-state index in [0.717, 1.165) is 11.0 Å². The number of aromatic nitrogens is 2. The predicted octanol–water partition coefficient (Wildman–Crippen LogP) is 2.77. The first kappa shape index (κ1) is 18.8. The zero-order valence-electron chi connectivity index (χ0n) is 16.3. The highest BCUT2D eigenvalue weighted by atomic mass is 16.5. The number of imidazole rings is 1. The van der Waals surface area contributed by atoms with Crippen molar-refractivity contribution in [2.24, 2.45) is 5.92 Å². The molecule has 1 N–H and O–H groups in total. The molecule has 2 heterocycles. The van der Waals surface area contributed by atoms with E-state index in [4.69, 9.17) is 14.2 Å². The normalized spacial score (nSPS) is 18.1. The fraction of sp³-hybridized carbons (Fsp3) is 0.286. The minimum Gasteiger partial charge on any atom is -0.493 e. The molecule has 1 aliphatic rings. The number of methoxy groups -OCH3 is 2. The second kappa shape index (κ2) is 7.46. The molecule has 0 aliphatic carbocycles. The molecule has 0 fully saturated rings. The number of esters is 1. The third-order valence-electron chi connectivity index (χ3n) is 5.00. The van der Waals surface area contributed by atoms with Crippen LogP contribution in [0.15, 0.2) is 42.5 Å². The molecule has 3 aromatic rings. The first-order valence-electron chi connectivity index (χ1n) is 9.25. The molecule has 0 saturated carbocycles. The van der Waals surface area contributed by atoms with E-state index in [9.17, 15) is 9.59 Å². The quantitative estimate of drug-likeness (QED) is 0.528. The number of ether oxygens (including phenoxy) is 3. The van der Waals surface area contributed by atoms with Gasteiger partial charge in [-0.1, -0.05) is 18.2 Å². The lowest BCUT2D eigenvalue weighted by Crippen LogP contribution is -2.43. The number of carbonyl (C=O) groups is 2. The van der Waals surface area contributed by atoms with Crippen molar-refractivity contribution in [1.29, 1.82) is 0 Å². The molecule has 29 heavy (non-hydrogen) atoms. The summed E-state index contributed by atoms with van der Waals surface area (Å²) in [6.45, 7) is 1.89. The van der Waals surface area contributed by atoms with Crippen molar-refractivity contribution in [2.45, 2.75) is 13.0 Å². The number of hydrogen-bond acceptors (Lipinski definition) is 6. The van der Waals surface area contributed by atoms with Crippen LogP contribution in [-0.4, -0.2) is 42.3 Å². The molecule has 150 valence electrons. The van der Waals surface area contributed by atoms with Crippen LogP contribution in [0.4, 0.5) is 5.95 Å². The topological polar surface area (TPSA) is 91.7 Å². The second-order valence-corrected chi connectivity index (χ2v) is 6.57. The van der Waals surface area contributed by atoms with Crippen molar-refractivity contribution in [1.82, 2.24) is 9.55 Å². The number of nitrogens with one attached hydrogen (secondary N) is 1. The largest absolute Gasteiger partial charge is 0.493 e. The fourth-order valence-electron chi connectivity index (χ4n) is 3.74. The highest BCUT2D eigenvalue weighted by Gasteiger charge is 2.44. The number of carbonyl (C=O) groups excluding carboxylic acids is 2. The van der Waals surface area contributed by atoms with E-state index in [1.807, 2.05) is 34.9 Å². The number of amides is 1. The van der Waals surface area contributed by atoms with Gasteiger partial charge in [0.2, 0.25) is 11.9 Å². The third-order valence-corrected chi connectivity index (χ3v) is 5.00. The first-order chi connectivity index (χ1) is 14.1. The van der Waals surface area contributed by atoms with E-state index in [-0.39, 0.29) is 6.61 Å². The van der Waals surface area contributed by atoms with E-state index in [2.05, 4.69) is 10.3 Å². The van der Waals surface area contributed by atoms with E-state index in [0.29, 0.717) is 23.0 Å². The molecule has 0 spiro atoms. The van der Waals surface area contributed by atoms with E-state index in [1.54, 1.807) is 26.2 Å². The van der Waals surface area contributed by atoms with Crippen LogP contribution in [-0.2, 0) is 14.3 Å². The summed E-state index contributed by atoms with van der Waals surface area (Å²) in [5, 5.41) is 2.75. The predicted molar refractivity (Wildman–Crippen MR) is 106 cm³/mol. The highest BCUT2D eigenvalue weighted by Crippen LogP contribution is 2.41. The van der Waals surface area contributed by atoms with Gasteiger partial charge in [-0.25, -0.2) is 4.98 Å². The standard InChI is InChI=1S/C21H21N3O5/c1-4-29-20(26)17-18(12-9-10-15(27-2)16(11-12)28-3)24-14-8-6-5-7-13(14)22-21(24)23-19(17)25/h5-11,17-18H,4H2,1-3H3,(H,22,23,25)/t17-,18-/m0/s1. The van der Waals surface area contributed by atoms with Gasteiger partial charge >= 0.3 is 5.97 Å². The number of benzene rings is 2. The zero-order valence-corrected chi connectivity index (χ0v) is 16.3. The molecule has 2 atom stereocenters. The van der Waals surface area contributed by atoms with Gasteiger partial charge in [0.05, 0.1) is 37.9 Å². The Bertz CT molecular complexity index is 1090.